The van der Waals surface area contributed by atoms with Crippen molar-refractivity contribution < 1.29 is 9.32 Å². The summed E-state index contributed by atoms with van der Waals surface area (Å²) in [5.74, 6) is 1.59. The van der Waals surface area contributed by atoms with Gasteiger partial charge in [0.2, 0.25) is 17.6 Å². The zero-order valence-electron chi connectivity index (χ0n) is 16.2. The molecule has 1 saturated heterocycles. The van der Waals surface area contributed by atoms with E-state index in [9.17, 15) is 4.79 Å². The van der Waals surface area contributed by atoms with Gasteiger partial charge in [0, 0.05) is 30.5 Å². The number of nitrogens with zero attached hydrogens (tertiary/aromatic N) is 2. The molecule has 1 aliphatic rings. The van der Waals surface area contributed by atoms with E-state index < -0.39 is 0 Å². The maximum atomic E-state index is 12.2. The Morgan fingerprint density at radius 3 is 2.74 bits per heavy atom. The molecule has 2 atom stereocenters. The normalized spacial score (nSPS) is 19.6. The molecule has 1 aromatic carbocycles. The number of nitrogens with one attached hydrogen (secondary N) is 2. The summed E-state index contributed by atoms with van der Waals surface area (Å²) in [4.78, 5) is 16.6. The average Bonchev–Trinajstić information content (AvgIpc) is 3.11. The zero-order valence-corrected chi connectivity index (χ0v) is 17.0. The molecule has 0 aliphatic carbocycles. The average molecular weight is 393 g/mol. The van der Waals surface area contributed by atoms with Crippen molar-refractivity contribution in [3.8, 4) is 11.4 Å². The Morgan fingerprint density at radius 2 is 2.07 bits per heavy atom. The van der Waals surface area contributed by atoms with Crippen LogP contribution in [0.15, 0.2) is 28.8 Å². The Bertz CT molecular complexity index is 730. The number of amides is 1. The zero-order chi connectivity index (χ0) is 18.5. The standard InChI is InChI=1S/C20H28N4O2.ClH/c1-13(2)15-6-8-16(9-7-15)20-23-19(26-24-20)11-10-18(25)22-17-5-4-12-21-14(17)3;/h6-9,13-14,17,21H,4-5,10-12H2,1-3H3,(H,22,25);1H. The van der Waals surface area contributed by atoms with E-state index in [0.29, 0.717) is 36.5 Å². The van der Waals surface area contributed by atoms with Crippen molar-refractivity contribution in [2.75, 3.05) is 6.54 Å². The topological polar surface area (TPSA) is 80.0 Å². The lowest BCUT2D eigenvalue weighted by Gasteiger charge is -2.30. The van der Waals surface area contributed by atoms with Crippen molar-refractivity contribution in [2.24, 2.45) is 0 Å². The smallest absolute Gasteiger partial charge is 0.227 e. The van der Waals surface area contributed by atoms with Crippen LogP contribution >= 0.6 is 12.4 Å². The van der Waals surface area contributed by atoms with Gasteiger partial charge >= 0.3 is 0 Å². The number of carbonyl (C=O) groups excluding carboxylic acids is 1. The minimum atomic E-state index is 0. The Balaban J connectivity index is 0.00000261. The van der Waals surface area contributed by atoms with Crippen molar-refractivity contribution >= 4 is 18.3 Å². The van der Waals surface area contributed by atoms with E-state index >= 15 is 0 Å². The minimum Gasteiger partial charge on any atom is -0.352 e. The molecule has 0 radical (unpaired) electrons. The van der Waals surface area contributed by atoms with Gasteiger partial charge in [0.15, 0.2) is 0 Å². The molecule has 1 aliphatic heterocycles. The number of carbonyl (C=O) groups is 1. The summed E-state index contributed by atoms with van der Waals surface area (Å²) in [5.41, 5.74) is 2.21. The summed E-state index contributed by atoms with van der Waals surface area (Å²) in [5, 5.41) is 10.5. The summed E-state index contributed by atoms with van der Waals surface area (Å²) in [6.07, 6.45) is 2.93. The number of piperidine rings is 1. The maximum Gasteiger partial charge on any atom is 0.227 e. The van der Waals surface area contributed by atoms with E-state index in [0.717, 1.165) is 24.9 Å². The largest absolute Gasteiger partial charge is 0.352 e. The molecule has 3 rings (SSSR count). The highest BCUT2D eigenvalue weighted by Crippen LogP contribution is 2.20. The summed E-state index contributed by atoms with van der Waals surface area (Å²) >= 11 is 0. The van der Waals surface area contributed by atoms with Crippen LogP contribution in [0.5, 0.6) is 0 Å². The Kier molecular flexibility index (Phi) is 7.80. The van der Waals surface area contributed by atoms with Crippen molar-refractivity contribution in [1.82, 2.24) is 20.8 Å². The molecule has 1 aromatic heterocycles. The molecular weight excluding hydrogens is 364 g/mol. The van der Waals surface area contributed by atoms with E-state index in [2.05, 4.69) is 53.7 Å². The number of hydrogen-bond donors (Lipinski definition) is 2. The minimum absolute atomic E-state index is 0. The molecule has 7 heteroatoms. The molecule has 1 amide bonds. The first kappa shape index (κ1) is 21.4. The van der Waals surface area contributed by atoms with Crippen LogP contribution in [0.4, 0.5) is 0 Å². The van der Waals surface area contributed by atoms with Gasteiger partial charge in [-0.3, -0.25) is 4.79 Å². The molecule has 6 nitrogen and oxygen atoms in total. The molecule has 148 valence electrons. The number of aromatic nitrogens is 2. The summed E-state index contributed by atoms with van der Waals surface area (Å²) in [7, 11) is 0. The van der Waals surface area contributed by atoms with Crippen molar-refractivity contribution in [3.05, 3.63) is 35.7 Å². The van der Waals surface area contributed by atoms with Crippen LogP contribution < -0.4 is 10.6 Å². The molecule has 1 fully saturated rings. The second kappa shape index (κ2) is 9.85. The monoisotopic (exact) mass is 392 g/mol. The quantitative estimate of drug-likeness (QED) is 0.786. The molecule has 2 heterocycles. The molecule has 0 saturated carbocycles. The lowest BCUT2D eigenvalue weighted by Crippen LogP contribution is -2.51. The van der Waals surface area contributed by atoms with Crippen LogP contribution in [0, 0.1) is 0 Å². The SMILES string of the molecule is CC(C)c1ccc(-c2noc(CCC(=O)NC3CCCNC3C)n2)cc1.Cl. The van der Waals surface area contributed by atoms with Gasteiger partial charge in [-0.25, -0.2) is 0 Å². The predicted octanol–water partition coefficient (Wildman–Crippen LogP) is 3.47. The first-order valence-corrected chi connectivity index (χ1v) is 9.48. The Hall–Kier alpha value is -1.92. The van der Waals surface area contributed by atoms with Gasteiger partial charge in [-0.05, 0) is 37.8 Å². The summed E-state index contributed by atoms with van der Waals surface area (Å²) < 4.78 is 5.30. The number of hydrogen-bond acceptors (Lipinski definition) is 5. The number of aryl methyl sites for hydroxylation is 1. The summed E-state index contributed by atoms with van der Waals surface area (Å²) in [6, 6.07) is 8.71. The third-order valence-electron chi connectivity index (χ3n) is 4.98. The molecule has 2 unspecified atom stereocenters. The lowest BCUT2D eigenvalue weighted by molar-refractivity contribution is -0.122. The lowest BCUT2D eigenvalue weighted by atomic mass is 10.00. The molecule has 0 bridgehead atoms. The second-order valence-corrected chi connectivity index (χ2v) is 7.35. The highest BCUT2D eigenvalue weighted by Gasteiger charge is 2.22. The first-order valence-electron chi connectivity index (χ1n) is 9.48. The van der Waals surface area contributed by atoms with Gasteiger partial charge in [0.1, 0.15) is 0 Å². The van der Waals surface area contributed by atoms with Crippen LogP contribution in [0.1, 0.15) is 57.4 Å². The maximum absolute atomic E-state index is 12.2. The van der Waals surface area contributed by atoms with Gasteiger partial charge in [-0.1, -0.05) is 43.3 Å². The Morgan fingerprint density at radius 1 is 1.33 bits per heavy atom. The van der Waals surface area contributed by atoms with Crippen LogP contribution in [0.3, 0.4) is 0 Å². The first-order chi connectivity index (χ1) is 12.5. The highest BCUT2D eigenvalue weighted by atomic mass is 35.5. The Labute approximate surface area is 166 Å². The fraction of sp³-hybridized carbons (Fsp3) is 0.550. The predicted molar refractivity (Wildman–Crippen MR) is 108 cm³/mol. The van der Waals surface area contributed by atoms with E-state index in [1.54, 1.807) is 0 Å². The van der Waals surface area contributed by atoms with Crippen molar-refractivity contribution in [2.45, 2.75) is 64.5 Å². The van der Waals surface area contributed by atoms with Crippen LogP contribution in [0.25, 0.3) is 11.4 Å². The second-order valence-electron chi connectivity index (χ2n) is 7.35. The van der Waals surface area contributed by atoms with E-state index in [1.807, 2.05) is 12.1 Å². The molecular formula is C20H29ClN4O2. The molecule has 2 aromatic rings. The summed E-state index contributed by atoms with van der Waals surface area (Å²) in [6.45, 7) is 7.46. The molecule has 27 heavy (non-hydrogen) atoms. The number of rotatable bonds is 6. The van der Waals surface area contributed by atoms with Crippen molar-refractivity contribution in [3.63, 3.8) is 0 Å². The van der Waals surface area contributed by atoms with Crippen LogP contribution in [-0.2, 0) is 11.2 Å². The van der Waals surface area contributed by atoms with Gasteiger partial charge < -0.3 is 15.2 Å². The fourth-order valence-electron chi connectivity index (χ4n) is 3.23. The third kappa shape index (κ3) is 5.78. The van der Waals surface area contributed by atoms with E-state index in [4.69, 9.17) is 4.52 Å². The van der Waals surface area contributed by atoms with Crippen molar-refractivity contribution in [1.29, 1.82) is 0 Å². The molecule has 0 spiro atoms. The van der Waals surface area contributed by atoms with Crippen LogP contribution in [0.2, 0.25) is 0 Å². The number of benzene rings is 1. The third-order valence-corrected chi connectivity index (χ3v) is 4.98. The van der Waals surface area contributed by atoms with Gasteiger partial charge in [0.25, 0.3) is 0 Å². The van der Waals surface area contributed by atoms with Gasteiger partial charge in [-0.15, -0.1) is 12.4 Å². The van der Waals surface area contributed by atoms with Gasteiger partial charge in [-0.2, -0.15) is 4.98 Å². The molecule has 2 N–H and O–H groups in total. The van der Waals surface area contributed by atoms with Crippen LogP contribution in [-0.4, -0.2) is 34.7 Å². The van der Waals surface area contributed by atoms with Gasteiger partial charge in [0.05, 0.1) is 0 Å². The fourth-order valence-corrected chi connectivity index (χ4v) is 3.23. The highest BCUT2D eigenvalue weighted by molar-refractivity contribution is 5.85. The van der Waals surface area contributed by atoms with E-state index in [-0.39, 0.29) is 24.4 Å². The number of halogens is 1. The van der Waals surface area contributed by atoms with E-state index in [1.165, 1.54) is 5.56 Å².